The second-order valence-electron chi connectivity index (χ2n) is 8.07. The van der Waals surface area contributed by atoms with Gasteiger partial charge in [-0.05, 0) is 51.7 Å². The monoisotopic (exact) mass is 439 g/mol. The first-order valence-electron chi connectivity index (χ1n) is 10.7. The van der Waals surface area contributed by atoms with Crippen molar-refractivity contribution in [3.8, 4) is 0 Å². The van der Waals surface area contributed by atoms with Crippen molar-refractivity contribution in [2.75, 3.05) is 6.54 Å². The van der Waals surface area contributed by atoms with Crippen LogP contribution in [-0.2, 0) is 22.6 Å². The fraction of sp³-hybridized carbons (Fsp3) is 0.417. The maximum Gasteiger partial charge on any atom is 0.230 e. The molecule has 4 N–H and O–H groups in total. The van der Waals surface area contributed by atoms with Crippen LogP contribution >= 0.6 is 0 Å². The van der Waals surface area contributed by atoms with Crippen LogP contribution in [0.1, 0.15) is 56.2 Å². The first-order valence-corrected chi connectivity index (χ1v) is 10.7. The molecule has 172 valence electrons. The van der Waals surface area contributed by atoms with Crippen molar-refractivity contribution < 1.29 is 14.1 Å². The van der Waals surface area contributed by atoms with E-state index in [1.54, 1.807) is 13.8 Å². The Morgan fingerprint density at radius 2 is 2.03 bits per heavy atom. The van der Waals surface area contributed by atoms with Gasteiger partial charge in [-0.2, -0.15) is 0 Å². The van der Waals surface area contributed by atoms with Crippen molar-refractivity contribution in [3.05, 3.63) is 58.6 Å². The fourth-order valence-electron chi connectivity index (χ4n) is 3.74. The van der Waals surface area contributed by atoms with Crippen molar-refractivity contribution in [1.82, 2.24) is 15.4 Å². The number of aryl methyl sites for hydroxylation is 1. The third-order valence-electron chi connectivity index (χ3n) is 5.28. The van der Waals surface area contributed by atoms with Crippen LogP contribution in [0.5, 0.6) is 0 Å². The van der Waals surface area contributed by atoms with Crippen molar-refractivity contribution in [1.29, 1.82) is 5.41 Å². The summed E-state index contributed by atoms with van der Waals surface area (Å²) in [5, 5.41) is 14.1. The summed E-state index contributed by atoms with van der Waals surface area (Å²) in [6.45, 7) is 8.84. The Morgan fingerprint density at radius 1 is 1.34 bits per heavy atom. The lowest BCUT2D eigenvalue weighted by molar-refractivity contribution is -0.131. The molecule has 0 spiro atoms. The first kappa shape index (κ1) is 24.8. The molecule has 3 rings (SSSR count). The third-order valence-corrected chi connectivity index (χ3v) is 5.28. The Kier molecular flexibility index (Phi) is 9.19. The van der Waals surface area contributed by atoms with Crippen LogP contribution in [0.25, 0.3) is 5.57 Å². The summed E-state index contributed by atoms with van der Waals surface area (Å²) in [6.07, 6.45) is 3.24. The SMILES string of the molecule is CC(=N)/C(=C(/C)N)c1ccc(CNC=O)cc1.Cc1cc(CC(=O)N2CCCC2C)on1. The molecular formula is C24H33N5O3. The van der Waals surface area contributed by atoms with Gasteiger partial charge in [0.15, 0.2) is 0 Å². The highest BCUT2D eigenvalue weighted by atomic mass is 16.5. The van der Waals surface area contributed by atoms with Gasteiger partial charge in [-0.1, -0.05) is 29.4 Å². The van der Waals surface area contributed by atoms with E-state index in [-0.39, 0.29) is 5.91 Å². The predicted octanol–water partition coefficient (Wildman–Crippen LogP) is 3.20. The zero-order valence-electron chi connectivity index (χ0n) is 19.3. The molecule has 0 radical (unpaired) electrons. The van der Waals surface area contributed by atoms with Gasteiger partial charge in [0, 0.05) is 42.2 Å². The first-order chi connectivity index (χ1) is 15.2. The van der Waals surface area contributed by atoms with Gasteiger partial charge in [0.1, 0.15) is 5.76 Å². The van der Waals surface area contributed by atoms with Gasteiger partial charge in [-0.25, -0.2) is 0 Å². The molecule has 1 aromatic heterocycles. The van der Waals surface area contributed by atoms with E-state index in [9.17, 15) is 9.59 Å². The van der Waals surface area contributed by atoms with Crippen LogP contribution in [0.2, 0.25) is 0 Å². The number of hydrogen-bond donors (Lipinski definition) is 3. The number of carbonyl (C=O) groups is 2. The molecule has 1 aromatic carbocycles. The summed E-state index contributed by atoms with van der Waals surface area (Å²) in [4.78, 5) is 24.0. The smallest absolute Gasteiger partial charge is 0.230 e. The third kappa shape index (κ3) is 7.08. The zero-order valence-corrected chi connectivity index (χ0v) is 19.3. The van der Waals surface area contributed by atoms with Crippen molar-refractivity contribution in [2.24, 2.45) is 5.73 Å². The maximum absolute atomic E-state index is 11.9. The molecule has 1 fully saturated rings. The minimum atomic E-state index is 0.149. The Balaban J connectivity index is 0.000000228. The lowest BCUT2D eigenvalue weighted by atomic mass is 9.99. The van der Waals surface area contributed by atoms with Gasteiger partial charge in [-0.3, -0.25) is 9.59 Å². The summed E-state index contributed by atoms with van der Waals surface area (Å²) >= 11 is 0. The Labute approximate surface area is 189 Å². The summed E-state index contributed by atoms with van der Waals surface area (Å²) in [5.41, 5.74) is 10.4. The van der Waals surface area contributed by atoms with Crippen LogP contribution in [-0.4, -0.2) is 40.7 Å². The molecule has 8 nitrogen and oxygen atoms in total. The van der Waals surface area contributed by atoms with E-state index in [2.05, 4.69) is 17.4 Å². The van der Waals surface area contributed by atoms with Crippen molar-refractivity contribution in [3.63, 3.8) is 0 Å². The number of nitrogens with two attached hydrogens (primary N) is 1. The number of carbonyl (C=O) groups excluding carboxylic acids is 2. The number of aromatic nitrogens is 1. The van der Waals surface area contributed by atoms with E-state index in [4.69, 9.17) is 15.7 Å². The number of hydrogen-bond acceptors (Lipinski definition) is 6. The highest BCUT2D eigenvalue weighted by Crippen LogP contribution is 2.19. The van der Waals surface area contributed by atoms with E-state index >= 15 is 0 Å². The predicted molar refractivity (Wildman–Crippen MR) is 125 cm³/mol. The average molecular weight is 440 g/mol. The van der Waals surface area contributed by atoms with Gasteiger partial charge in [0.25, 0.3) is 0 Å². The van der Waals surface area contributed by atoms with Crippen molar-refractivity contribution in [2.45, 2.75) is 59.5 Å². The molecule has 1 aliphatic heterocycles. The standard InChI is InChI=1S/C13H17N3O.C11H16N2O2/c1-9(14)13(10(2)15)12-5-3-11(4-6-12)7-16-8-17;1-8-6-10(15-12-8)7-11(14)13-5-3-4-9(13)2/h3-6,8,14H,7,15H2,1-2H3,(H,16,17);6,9H,3-5,7H2,1-2H3/b13-10+,14-9?;. The van der Waals surface area contributed by atoms with E-state index in [1.807, 2.05) is 42.2 Å². The van der Waals surface area contributed by atoms with Gasteiger partial charge >= 0.3 is 0 Å². The lowest BCUT2D eigenvalue weighted by Crippen LogP contribution is -2.34. The minimum absolute atomic E-state index is 0.149. The zero-order chi connectivity index (χ0) is 23.7. The van der Waals surface area contributed by atoms with E-state index in [1.165, 1.54) is 0 Å². The van der Waals surface area contributed by atoms with Crippen LogP contribution in [0, 0.1) is 12.3 Å². The van der Waals surface area contributed by atoms with Gasteiger partial charge in [0.2, 0.25) is 12.3 Å². The Bertz CT molecular complexity index is 958. The summed E-state index contributed by atoms with van der Waals surface area (Å²) in [7, 11) is 0. The molecule has 2 amide bonds. The summed E-state index contributed by atoms with van der Waals surface area (Å²) in [6, 6.07) is 9.84. The number of nitrogens with one attached hydrogen (secondary N) is 2. The second kappa shape index (κ2) is 11.8. The molecule has 1 saturated heterocycles. The molecule has 1 unspecified atom stereocenters. The largest absolute Gasteiger partial charge is 0.402 e. The molecule has 32 heavy (non-hydrogen) atoms. The van der Waals surface area contributed by atoms with Gasteiger partial charge in [0.05, 0.1) is 12.1 Å². The second-order valence-corrected chi connectivity index (χ2v) is 8.07. The number of rotatable bonds is 7. The van der Waals surface area contributed by atoms with Crippen LogP contribution in [0.15, 0.2) is 40.6 Å². The Hall–Kier alpha value is -3.42. The van der Waals surface area contributed by atoms with Gasteiger partial charge in [-0.15, -0.1) is 0 Å². The number of benzene rings is 1. The quantitative estimate of drug-likeness (QED) is 0.451. The molecule has 1 aliphatic rings. The fourth-order valence-corrected chi connectivity index (χ4v) is 3.74. The number of nitrogens with zero attached hydrogens (tertiary/aromatic N) is 2. The van der Waals surface area contributed by atoms with E-state index < -0.39 is 0 Å². The molecule has 2 aromatic rings. The molecule has 8 heteroatoms. The molecule has 0 aliphatic carbocycles. The van der Waals surface area contributed by atoms with Gasteiger partial charge < -0.3 is 25.9 Å². The summed E-state index contributed by atoms with van der Waals surface area (Å²) in [5.74, 6) is 0.813. The average Bonchev–Trinajstić information content (AvgIpc) is 3.35. The summed E-state index contributed by atoms with van der Waals surface area (Å²) < 4.78 is 5.03. The topological polar surface area (TPSA) is 125 Å². The normalized spacial score (nSPS) is 16.0. The molecule has 2 heterocycles. The highest BCUT2D eigenvalue weighted by molar-refractivity contribution is 6.21. The maximum atomic E-state index is 11.9. The molecule has 1 atom stereocenters. The number of amides is 2. The number of allylic oxidation sites excluding steroid dienone is 2. The molecular weight excluding hydrogens is 406 g/mol. The van der Waals surface area contributed by atoms with Crippen LogP contribution in [0.3, 0.4) is 0 Å². The van der Waals surface area contributed by atoms with Crippen LogP contribution in [0.4, 0.5) is 0 Å². The molecule has 0 bridgehead atoms. The minimum Gasteiger partial charge on any atom is -0.402 e. The lowest BCUT2D eigenvalue weighted by Gasteiger charge is -2.20. The van der Waals surface area contributed by atoms with Crippen molar-refractivity contribution >= 4 is 23.6 Å². The van der Waals surface area contributed by atoms with E-state index in [0.717, 1.165) is 41.8 Å². The molecule has 0 saturated carbocycles. The highest BCUT2D eigenvalue weighted by Gasteiger charge is 2.25. The number of likely N-dealkylation sites (tertiary alicyclic amines) is 1. The van der Waals surface area contributed by atoms with E-state index in [0.29, 0.717) is 42.6 Å². The Morgan fingerprint density at radius 3 is 2.50 bits per heavy atom. The van der Waals surface area contributed by atoms with Crippen LogP contribution < -0.4 is 11.1 Å².